The maximum atomic E-state index is 11.0. The molecule has 1 unspecified atom stereocenters. The van der Waals surface area contributed by atoms with Gasteiger partial charge < -0.3 is 16.4 Å². The van der Waals surface area contributed by atoms with Crippen molar-refractivity contribution in [2.24, 2.45) is 5.73 Å². The summed E-state index contributed by atoms with van der Waals surface area (Å²) in [5.41, 5.74) is 5.69. The summed E-state index contributed by atoms with van der Waals surface area (Å²) in [5.74, 6) is 0.120. The maximum absolute atomic E-state index is 11.0. The zero-order valence-electron chi connectivity index (χ0n) is 9.46. The Kier molecular flexibility index (Phi) is 5.60. The van der Waals surface area contributed by atoms with Crippen LogP contribution in [0.3, 0.4) is 0 Å². The number of carbonyl (C=O) groups excluding carboxylic acids is 1. The second-order valence-corrected chi connectivity index (χ2v) is 3.91. The standard InChI is InChI=1S/C10H22N4O/c1-12-10(15)3-2-5-14-6-4-13-8-9(14)7-11/h9,13H,2-8,11H2,1H3,(H,12,15). The Hall–Kier alpha value is -0.650. The molecule has 0 saturated carbocycles. The van der Waals surface area contributed by atoms with E-state index in [4.69, 9.17) is 5.73 Å². The molecule has 88 valence electrons. The first kappa shape index (κ1) is 12.4. The van der Waals surface area contributed by atoms with Crippen LogP contribution in [0.15, 0.2) is 0 Å². The van der Waals surface area contributed by atoms with Gasteiger partial charge in [0.15, 0.2) is 0 Å². The van der Waals surface area contributed by atoms with Crippen molar-refractivity contribution >= 4 is 5.91 Å². The Morgan fingerprint density at radius 1 is 1.67 bits per heavy atom. The number of nitrogens with two attached hydrogens (primary N) is 1. The first-order chi connectivity index (χ1) is 7.27. The normalized spacial score (nSPS) is 22.7. The first-order valence-corrected chi connectivity index (χ1v) is 5.63. The molecular weight excluding hydrogens is 192 g/mol. The molecule has 1 aliphatic rings. The fraction of sp³-hybridized carbons (Fsp3) is 0.900. The van der Waals surface area contributed by atoms with Crippen LogP contribution in [0.5, 0.6) is 0 Å². The molecule has 1 rings (SSSR count). The van der Waals surface area contributed by atoms with E-state index in [-0.39, 0.29) is 5.91 Å². The molecule has 0 aromatic heterocycles. The zero-order chi connectivity index (χ0) is 11.1. The minimum atomic E-state index is 0.120. The molecule has 15 heavy (non-hydrogen) atoms. The van der Waals surface area contributed by atoms with Crippen molar-refractivity contribution in [3.8, 4) is 0 Å². The summed E-state index contributed by atoms with van der Waals surface area (Å²) in [7, 11) is 1.68. The number of amides is 1. The Morgan fingerprint density at radius 2 is 2.47 bits per heavy atom. The number of nitrogens with one attached hydrogen (secondary N) is 2. The molecule has 0 aliphatic carbocycles. The van der Waals surface area contributed by atoms with E-state index in [0.29, 0.717) is 19.0 Å². The highest BCUT2D eigenvalue weighted by Crippen LogP contribution is 2.04. The van der Waals surface area contributed by atoms with Gasteiger partial charge in [-0.25, -0.2) is 0 Å². The van der Waals surface area contributed by atoms with Crippen molar-refractivity contribution in [3.63, 3.8) is 0 Å². The summed E-state index contributed by atoms with van der Waals surface area (Å²) in [5, 5.41) is 5.96. The van der Waals surface area contributed by atoms with Gasteiger partial charge in [-0.15, -0.1) is 0 Å². The molecule has 5 heteroatoms. The van der Waals surface area contributed by atoms with E-state index in [9.17, 15) is 4.79 Å². The fourth-order valence-electron chi connectivity index (χ4n) is 1.90. The van der Waals surface area contributed by atoms with E-state index in [1.54, 1.807) is 7.05 Å². The number of hydrogen-bond donors (Lipinski definition) is 3. The lowest BCUT2D eigenvalue weighted by Gasteiger charge is -2.35. The number of rotatable bonds is 5. The predicted octanol–water partition coefficient (Wildman–Crippen LogP) is -1.25. The van der Waals surface area contributed by atoms with Gasteiger partial charge in [0.1, 0.15) is 0 Å². The van der Waals surface area contributed by atoms with Gasteiger partial charge in [0.2, 0.25) is 5.91 Å². The maximum Gasteiger partial charge on any atom is 0.219 e. The lowest BCUT2D eigenvalue weighted by atomic mass is 10.1. The Labute approximate surface area is 91.4 Å². The highest BCUT2D eigenvalue weighted by molar-refractivity contribution is 5.75. The molecule has 1 amide bonds. The second kappa shape index (κ2) is 6.76. The predicted molar refractivity (Wildman–Crippen MR) is 60.6 cm³/mol. The SMILES string of the molecule is CNC(=O)CCCN1CCNCC1CN. The van der Waals surface area contributed by atoms with Gasteiger partial charge in [0, 0.05) is 45.7 Å². The van der Waals surface area contributed by atoms with Crippen LogP contribution < -0.4 is 16.4 Å². The van der Waals surface area contributed by atoms with Crippen molar-refractivity contribution in [3.05, 3.63) is 0 Å². The number of carbonyl (C=O) groups is 1. The van der Waals surface area contributed by atoms with E-state index in [0.717, 1.165) is 32.6 Å². The fourth-order valence-corrected chi connectivity index (χ4v) is 1.90. The average Bonchev–Trinajstić information content (AvgIpc) is 2.29. The van der Waals surface area contributed by atoms with Crippen molar-refractivity contribution < 1.29 is 4.79 Å². The summed E-state index contributed by atoms with van der Waals surface area (Å²) < 4.78 is 0. The summed E-state index contributed by atoms with van der Waals surface area (Å²) >= 11 is 0. The Balaban J connectivity index is 2.20. The van der Waals surface area contributed by atoms with Crippen molar-refractivity contribution in [1.29, 1.82) is 0 Å². The molecule has 1 aliphatic heterocycles. The van der Waals surface area contributed by atoms with Crippen molar-refractivity contribution in [2.45, 2.75) is 18.9 Å². The number of nitrogens with zero attached hydrogens (tertiary/aromatic N) is 1. The largest absolute Gasteiger partial charge is 0.359 e. The van der Waals surface area contributed by atoms with Crippen LogP contribution in [-0.2, 0) is 4.79 Å². The van der Waals surface area contributed by atoms with Crippen LogP contribution in [0, 0.1) is 0 Å². The molecule has 0 aromatic rings. The molecule has 0 radical (unpaired) electrons. The van der Waals surface area contributed by atoms with Gasteiger partial charge in [-0.05, 0) is 13.0 Å². The van der Waals surface area contributed by atoms with E-state index in [2.05, 4.69) is 15.5 Å². The first-order valence-electron chi connectivity index (χ1n) is 5.63. The minimum Gasteiger partial charge on any atom is -0.359 e. The second-order valence-electron chi connectivity index (χ2n) is 3.91. The van der Waals surface area contributed by atoms with E-state index in [1.165, 1.54) is 0 Å². The van der Waals surface area contributed by atoms with Crippen molar-refractivity contribution in [2.75, 3.05) is 39.8 Å². The molecule has 1 saturated heterocycles. The topological polar surface area (TPSA) is 70.4 Å². The van der Waals surface area contributed by atoms with Crippen LogP contribution >= 0.6 is 0 Å². The van der Waals surface area contributed by atoms with Crippen molar-refractivity contribution in [1.82, 2.24) is 15.5 Å². The third-order valence-electron chi connectivity index (χ3n) is 2.87. The minimum absolute atomic E-state index is 0.120. The zero-order valence-corrected chi connectivity index (χ0v) is 9.46. The smallest absolute Gasteiger partial charge is 0.219 e. The van der Waals surface area contributed by atoms with Gasteiger partial charge in [-0.2, -0.15) is 0 Å². The third-order valence-corrected chi connectivity index (χ3v) is 2.87. The Bertz CT molecular complexity index is 198. The van der Waals surface area contributed by atoms with Gasteiger partial charge in [0.05, 0.1) is 0 Å². The van der Waals surface area contributed by atoms with Crippen LogP contribution in [0.25, 0.3) is 0 Å². The highest BCUT2D eigenvalue weighted by Gasteiger charge is 2.19. The molecule has 0 bridgehead atoms. The molecule has 1 heterocycles. The molecule has 1 fully saturated rings. The van der Waals surface area contributed by atoms with E-state index in [1.807, 2.05) is 0 Å². The molecular formula is C10H22N4O. The van der Waals surface area contributed by atoms with Crippen LogP contribution in [0.4, 0.5) is 0 Å². The lowest BCUT2D eigenvalue weighted by Crippen LogP contribution is -2.54. The van der Waals surface area contributed by atoms with Crippen LogP contribution in [-0.4, -0.2) is 56.6 Å². The molecule has 4 N–H and O–H groups in total. The molecule has 0 aromatic carbocycles. The monoisotopic (exact) mass is 214 g/mol. The summed E-state index contributed by atoms with van der Waals surface area (Å²) in [4.78, 5) is 13.4. The van der Waals surface area contributed by atoms with Gasteiger partial charge in [0.25, 0.3) is 0 Å². The van der Waals surface area contributed by atoms with Crippen LogP contribution in [0.1, 0.15) is 12.8 Å². The van der Waals surface area contributed by atoms with Gasteiger partial charge in [-0.1, -0.05) is 0 Å². The van der Waals surface area contributed by atoms with Crippen LogP contribution in [0.2, 0.25) is 0 Å². The van der Waals surface area contributed by atoms with Gasteiger partial charge >= 0.3 is 0 Å². The highest BCUT2D eigenvalue weighted by atomic mass is 16.1. The summed E-state index contributed by atoms with van der Waals surface area (Å²) in [6.45, 7) is 4.69. The molecule has 0 spiro atoms. The summed E-state index contributed by atoms with van der Waals surface area (Å²) in [6, 6.07) is 0.434. The number of hydrogen-bond acceptors (Lipinski definition) is 4. The van der Waals surface area contributed by atoms with Gasteiger partial charge in [-0.3, -0.25) is 9.69 Å². The third kappa shape index (κ3) is 4.15. The molecule has 1 atom stereocenters. The van der Waals surface area contributed by atoms with E-state index < -0.39 is 0 Å². The lowest BCUT2D eigenvalue weighted by molar-refractivity contribution is -0.120. The number of piperazine rings is 1. The average molecular weight is 214 g/mol. The molecule has 5 nitrogen and oxygen atoms in total. The summed E-state index contributed by atoms with van der Waals surface area (Å²) in [6.07, 6.45) is 1.52. The Morgan fingerprint density at radius 3 is 3.13 bits per heavy atom. The quantitative estimate of drug-likeness (QED) is 0.534. The van der Waals surface area contributed by atoms with E-state index >= 15 is 0 Å².